The molecular formula is C10H12BrClFN. The van der Waals surface area contributed by atoms with E-state index in [0.29, 0.717) is 0 Å². The summed E-state index contributed by atoms with van der Waals surface area (Å²) < 4.78 is 14.3. The Labute approximate surface area is 97.6 Å². The van der Waals surface area contributed by atoms with Crippen molar-refractivity contribution in [1.82, 2.24) is 5.32 Å². The number of benzene rings is 1. The highest BCUT2D eigenvalue weighted by Gasteiger charge is 2.21. The van der Waals surface area contributed by atoms with Gasteiger partial charge in [0.1, 0.15) is 5.82 Å². The number of rotatable bonds is 1. The maximum absolute atomic E-state index is 13.4. The predicted molar refractivity (Wildman–Crippen MR) is 61.3 cm³/mol. The Morgan fingerprint density at radius 3 is 2.79 bits per heavy atom. The van der Waals surface area contributed by atoms with Crippen molar-refractivity contribution in [3.8, 4) is 0 Å². The number of hydrogen-bond acceptors (Lipinski definition) is 1. The van der Waals surface area contributed by atoms with Crippen LogP contribution in [0.2, 0.25) is 0 Å². The van der Waals surface area contributed by atoms with Crippen molar-refractivity contribution >= 4 is 28.3 Å². The van der Waals surface area contributed by atoms with Gasteiger partial charge in [-0.2, -0.15) is 0 Å². The van der Waals surface area contributed by atoms with Gasteiger partial charge >= 0.3 is 0 Å². The highest BCUT2D eigenvalue weighted by molar-refractivity contribution is 9.10. The minimum atomic E-state index is -0.117. The summed E-state index contributed by atoms with van der Waals surface area (Å²) in [4.78, 5) is 0. The third-order valence-electron chi connectivity index (χ3n) is 2.41. The Kier molecular flexibility index (Phi) is 4.35. The SMILES string of the molecule is Cl.Fc1cccc(Br)c1[C@H]1CCCN1. The highest BCUT2D eigenvalue weighted by Crippen LogP contribution is 2.31. The van der Waals surface area contributed by atoms with Crippen LogP contribution >= 0.6 is 28.3 Å². The van der Waals surface area contributed by atoms with E-state index in [-0.39, 0.29) is 24.3 Å². The van der Waals surface area contributed by atoms with Crippen LogP contribution in [0.5, 0.6) is 0 Å². The molecule has 0 amide bonds. The van der Waals surface area contributed by atoms with E-state index in [2.05, 4.69) is 21.2 Å². The molecule has 1 N–H and O–H groups in total. The van der Waals surface area contributed by atoms with E-state index < -0.39 is 0 Å². The Morgan fingerprint density at radius 2 is 2.21 bits per heavy atom. The lowest BCUT2D eigenvalue weighted by Crippen LogP contribution is -2.14. The number of halogens is 3. The molecule has 0 bridgehead atoms. The van der Waals surface area contributed by atoms with Crippen LogP contribution in [-0.4, -0.2) is 6.54 Å². The molecule has 0 spiro atoms. The van der Waals surface area contributed by atoms with Crippen molar-refractivity contribution in [2.75, 3.05) is 6.54 Å². The van der Waals surface area contributed by atoms with Gasteiger partial charge in [0, 0.05) is 16.1 Å². The van der Waals surface area contributed by atoms with E-state index in [9.17, 15) is 4.39 Å². The first kappa shape index (κ1) is 12.0. The molecule has 1 aliphatic rings. The molecule has 0 saturated carbocycles. The molecule has 0 aliphatic carbocycles. The zero-order valence-electron chi connectivity index (χ0n) is 7.59. The lowest BCUT2D eigenvalue weighted by atomic mass is 10.1. The largest absolute Gasteiger partial charge is 0.310 e. The smallest absolute Gasteiger partial charge is 0.129 e. The molecule has 1 aromatic carbocycles. The van der Waals surface area contributed by atoms with Gasteiger partial charge in [0.05, 0.1) is 0 Å². The van der Waals surface area contributed by atoms with Crippen LogP contribution in [0, 0.1) is 5.82 Å². The van der Waals surface area contributed by atoms with Crippen molar-refractivity contribution in [2.45, 2.75) is 18.9 Å². The minimum absolute atomic E-state index is 0. The third kappa shape index (κ3) is 2.27. The highest BCUT2D eigenvalue weighted by atomic mass is 79.9. The van der Waals surface area contributed by atoms with Crippen LogP contribution in [0.4, 0.5) is 4.39 Å². The van der Waals surface area contributed by atoms with Gasteiger partial charge in [-0.3, -0.25) is 0 Å². The average molecular weight is 281 g/mol. The number of nitrogens with one attached hydrogen (secondary N) is 1. The van der Waals surface area contributed by atoms with Gasteiger partial charge in [0.2, 0.25) is 0 Å². The van der Waals surface area contributed by atoms with Crippen LogP contribution in [0.1, 0.15) is 24.4 Å². The van der Waals surface area contributed by atoms with Gasteiger partial charge in [-0.1, -0.05) is 22.0 Å². The summed E-state index contributed by atoms with van der Waals surface area (Å²) in [6.07, 6.45) is 2.16. The molecule has 1 saturated heterocycles. The van der Waals surface area contributed by atoms with Gasteiger partial charge < -0.3 is 5.32 Å². The fourth-order valence-electron chi connectivity index (χ4n) is 1.77. The maximum Gasteiger partial charge on any atom is 0.129 e. The second-order valence-corrected chi connectivity index (χ2v) is 4.14. The summed E-state index contributed by atoms with van der Waals surface area (Å²) in [6.45, 7) is 0.992. The molecule has 1 nitrogen and oxygen atoms in total. The van der Waals surface area contributed by atoms with Crippen LogP contribution in [0.25, 0.3) is 0 Å². The first-order valence-corrected chi connectivity index (χ1v) is 5.25. The van der Waals surface area contributed by atoms with Crippen LogP contribution < -0.4 is 5.32 Å². The lowest BCUT2D eigenvalue weighted by Gasteiger charge is -2.13. The molecule has 1 heterocycles. The summed E-state index contributed by atoms with van der Waals surface area (Å²) in [5.74, 6) is -0.117. The number of hydrogen-bond donors (Lipinski definition) is 1. The average Bonchev–Trinajstić information content (AvgIpc) is 2.57. The Hall–Kier alpha value is -0.120. The predicted octanol–water partition coefficient (Wildman–Crippen LogP) is 3.43. The van der Waals surface area contributed by atoms with Crippen molar-refractivity contribution in [2.24, 2.45) is 0 Å². The molecule has 0 aromatic heterocycles. The topological polar surface area (TPSA) is 12.0 Å². The molecule has 78 valence electrons. The van der Waals surface area contributed by atoms with Gasteiger partial charge in [-0.05, 0) is 31.5 Å². The summed E-state index contributed by atoms with van der Waals surface area (Å²) in [5, 5.41) is 3.28. The van der Waals surface area contributed by atoms with Crippen LogP contribution in [-0.2, 0) is 0 Å². The second-order valence-electron chi connectivity index (χ2n) is 3.28. The molecule has 0 unspecified atom stereocenters. The minimum Gasteiger partial charge on any atom is -0.310 e. The van der Waals surface area contributed by atoms with E-state index in [1.165, 1.54) is 6.07 Å². The summed E-state index contributed by atoms with van der Waals surface area (Å²) >= 11 is 3.38. The zero-order valence-corrected chi connectivity index (χ0v) is 10.00. The fourth-order valence-corrected chi connectivity index (χ4v) is 2.39. The molecular weight excluding hydrogens is 268 g/mol. The van der Waals surface area contributed by atoms with Gasteiger partial charge in [-0.25, -0.2) is 4.39 Å². The molecule has 1 aliphatic heterocycles. The van der Waals surface area contributed by atoms with Crippen molar-refractivity contribution in [1.29, 1.82) is 0 Å². The monoisotopic (exact) mass is 279 g/mol. The van der Waals surface area contributed by atoms with E-state index in [1.807, 2.05) is 6.07 Å². The van der Waals surface area contributed by atoms with Crippen LogP contribution in [0.15, 0.2) is 22.7 Å². The van der Waals surface area contributed by atoms with E-state index in [4.69, 9.17) is 0 Å². The van der Waals surface area contributed by atoms with E-state index >= 15 is 0 Å². The quantitative estimate of drug-likeness (QED) is 0.831. The first-order valence-electron chi connectivity index (χ1n) is 4.46. The molecule has 0 radical (unpaired) electrons. The summed E-state index contributed by atoms with van der Waals surface area (Å²) in [5.41, 5.74) is 0.778. The van der Waals surface area contributed by atoms with Gasteiger partial charge in [0.15, 0.2) is 0 Å². The second kappa shape index (κ2) is 5.10. The Morgan fingerprint density at radius 1 is 1.43 bits per heavy atom. The zero-order chi connectivity index (χ0) is 9.26. The van der Waals surface area contributed by atoms with Gasteiger partial charge in [-0.15, -0.1) is 12.4 Å². The maximum atomic E-state index is 13.4. The third-order valence-corrected chi connectivity index (χ3v) is 3.10. The molecule has 4 heteroatoms. The summed E-state index contributed by atoms with van der Waals surface area (Å²) in [6, 6.07) is 5.31. The van der Waals surface area contributed by atoms with E-state index in [1.54, 1.807) is 6.07 Å². The van der Waals surface area contributed by atoms with Crippen molar-refractivity contribution in [3.05, 3.63) is 34.1 Å². The van der Waals surface area contributed by atoms with Crippen molar-refractivity contribution in [3.63, 3.8) is 0 Å². The van der Waals surface area contributed by atoms with Crippen molar-refractivity contribution < 1.29 is 4.39 Å². The molecule has 1 aromatic rings. The Balaban J connectivity index is 0.000000980. The molecule has 1 atom stereocenters. The fraction of sp³-hybridized carbons (Fsp3) is 0.400. The van der Waals surface area contributed by atoms with E-state index in [0.717, 1.165) is 29.4 Å². The first-order chi connectivity index (χ1) is 6.29. The van der Waals surface area contributed by atoms with Crippen LogP contribution in [0.3, 0.4) is 0 Å². The lowest BCUT2D eigenvalue weighted by molar-refractivity contribution is 0.556. The van der Waals surface area contributed by atoms with Gasteiger partial charge in [0.25, 0.3) is 0 Å². The molecule has 1 fully saturated rings. The normalized spacial score (nSPS) is 20.6. The molecule has 14 heavy (non-hydrogen) atoms. The summed E-state index contributed by atoms with van der Waals surface area (Å²) in [7, 11) is 0. The Bertz CT molecular complexity index is 293. The molecule has 2 rings (SSSR count). The standard InChI is InChI=1S/C10H11BrFN.ClH/c11-7-3-1-4-8(12)10(7)9-5-2-6-13-9;/h1,3-4,9,13H,2,5-6H2;1H/t9-;/m1./s1.